The van der Waals surface area contributed by atoms with Crippen LogP contribution in [-0.4, -0.2) is 37.0 Å². The Hall–Kier alpha value is -1.35. The zero-order valence-electron chi connectivity index (χ0n) is 10.8. The molecule has 92 valence electrons. The Balaban J connectivity index is 2.26. The van der Waals surface area contributed by atoms with Crippen LogP contribution in [0.4, 0.5) is 0 Å². The van der Waals surface area contributed by atoms with Gasteiger partial charge in [0.25, 0.3) is 5.91 Å². The molecular formula is C14H20N2O. The van der Waals surface area contributed by atoms with Crippen molar-refractivity contribution >= 4 is 5.91 Å². The largest absolute Gasteiger partial charge is 0.336 e. The van der Waals surface area contributed by atoms with Crippen molar-refractivity contribution in [2.75, 3.05) is 26.2 Å². The lowest BCUT2D eigenvalue weighted by Gasteiger charge is -2.28. The van der Waals surface area contributed by atoms with Crippen LogP contribution in [0.3, 0.4) is 0 Å². The highest BCUT2D eigenvalue weighted by atomic mass is 16.2. The third kappa shape index (κ3) is 2.50. The fourth-order valence-electron chi connectivity index (χ4n) is 2.23. The molecule has 1 aliphatic heterocycles. The Labute approximate surface area is 103 Å². The van der Waals surface area contributed by atoms with E-state index >= 15 is 0 Å². The molecule has 3 nitrogen and oxygen atoms in total. The number of nitrogens with one attached hydrogen (secondary N) is 1. The molecule has 1 fully saturated rings. The van der Waals surface area contributed by atoms with E-state index in [0.717, 1.165) is 37.3 Å². The average molecular weight is 232 g/mol. The molecule has 1 amide bonds. The first-order chi connectivity index (χ1) is 8.09. The van der Waals surface area contributed by atoms with Gasteiger partial charge in [0, 0.05) is 31.7 Å². The predicted octanol–water partition coefficient (Wildman–Crippen LogP) is 1.66. The number of piperazine rings is 1. The van der Waals surface area contributed by atoms with Gasteiger partial charge in [0.05, 0.1) is 0 Å². The summed E-state index contributed by atoms with van der Waals surface area (Å²) in [7, 11) is 0. The number of benzene rings is 1. The highest BCUT2D eigenvalue weighted by Crippen LogP contribution is 2.17. The number of nitrogens with zero attached hydrogens (tertiary/aromatic N) is 1. The minimum atomic E-state index is 0.173. The van der Waals surface area contributed by atoms with Crippen molar-refractivity contribution in [1.82, 2.24) is 10.2 Å². The van der Waals surface area contributed by atoms with Crippen LogP contribution in [0.15, 0.2) is 12.1 Å². The van der Waals surface area contributed by atoms with Gasteiger partial charge in [-0.3, -0.25) is 4.79 Å². The second-order valence-electron chi connectivity index (χ2n) is 4.79. The van der Waals surface area contributed by atoms with Crippen molar-refractivity contribution < 1.29 is 4.79 Å². The van der Waals surface area contributed by atoms with Gasteiger partial charge in [0.2, 0.25) is 0 Å². The molecule has 0 spiro atoms. The number of carbonyl (C=O) groups excluding carboxylic acids is 1. The second kappa shape index (κ2) is 4.88. The van der Waals surface area contributed by atoms with Gasteiger partial charge in [-0.25, -0.2) is 0 Å². The van der Waals surface area contributed by atoms with Crippen LogP contribution in [-0.2, 0) is 0 Å². The van der Waals surface area contributed by atoms with Crippen molar-refractivity contribution in [3.8, 4) is 0 Å². The molecule has 0 bridgehead atoms. The van der Waals surface area contributed by atoms with Gasteiger partial charge >= 0.3 is 0 Å². The van der Waals surface area contributed by atoms with Crippen molar-refractivity contribution in [1.29, 1.82) is 0 Å². The van der Waals surface area contributed by atoms with E-state index in [-0.39, 0.29) is 5.91 Å². The van der Waals surface area contributed by atoms with E-state index < -0.39 is 0 Å². The van der Waals surface area contributed by atoms with Crippen LogP contribution < -0.4 is 5.32 Å². The third-order valence-electron chi connectivity index (χ3n) is 3.48. The van der Waals surface area contributed by atoms with E-state index in [1.165, 1.54) is 11.1 Å². The molecule has 17 heavy (non-hydrogen) atoms. The van der Waals surface area contributed by atoms with E-state index in [0.29, 0.717) is 0 Å². The maximum Gasteiger partial charge on any atom is 0.254 e. The monoisotopic (exact) mass is 232 g/mol. The van der Waals surface area contributed by atoms with Gasteiger partial charge in [-0.05, 0) is 43.5 Å². The lowest BCUT2D eigenvalue weighted by atomic mass is 10.00. The summed E-state index contributed by atoms with van der Waals surface area (Å²) in [5.41, 5.74) is 4.38. The summed E-state index contributed by atoms with van der Waals surface area (Å²) in [6, 6.07) is 4.12. The predicted molar refractivity (Wildman–Crippen MR) is 69.4 cm³/mol. The first-order valence-electron chi connectivity index (χ1n) is 6.17. The van der Waals surface area contributed by atoms with Gasteiger partial charge in [0.1, 0.15) is 0 Å². The molecule has 0 unspecified atom stereocenters. The standard InChI is InChI=1S/C14H20N2O/c1-10-8-12(3)13(9-11(10)2)14(17)16-6-4-15-5-7-16/h8-9,15H,4-7H2,1-3H3. The first kappa shape index (κ1) is 12.1. The molecule has 1 aliphatic rings. The number of carbonyl (C=O) groups is 1. The molecule has 0 aromatic heterocycles. The number of hydrogen-bond donors (Lipinski definition) is 1. The first-order valence-corrected chi connectivity index (χ1v) is 6.17. The Kier molecular flexibility index (Phi) is 3.48. The van der Waals surface area contributed by atoms with E-state index in [1.807, 2.05) is 17.9 Å². The van der Waals surface area contributed by atoms with Crippen LogP contribution in [0.25, 0.3) is 0 Å². The lowest BCUT2D eigenvalue weighted by molar-refractivity contribution is 0.0735. The second-order valence-corrected chi connectivity index (χ2v) is 4.79. The molecular weight excluding hydrogens is 212 g/mol. The van der Waals surface area contributed by atoms with Crippen molar-refractivity contribution in [3.63, 3.8) is 0 Å². The Bertz CT molecular complexity index is 434. The topological polar surface area (TPSA) is 32.3 Å². The normalized spacial score (nSPS) is 16.1. The van der Waals surface area contributed by atoms with Gasteiger partial charge in [-0.1, -0.05) is 6.07 Å². The number of aryl methyl sites for hydroxylation is 3. The summed E-state index contributed by atoms with van der Waals surface area (Å²) in [5, 5.41) is 3.26. The summed E-state index contributed by atoms with van der Waals surface area (Å²) in [5.74, 6) is 0.173. The zero-order valence-corrected chi connectivity index (χ0v) is 10.8. The van der Waals surface area contributed by atoms with Crippen molar-refractivity contribution in [3.05, 3.63) is 34.4 Å². The lowest BCUT2D eigenvalue weighted by Crippen LogP contribution is -2.46. The molecule has 1 heterocycles. The maximum atomic E-state index is 12.4. The van der Waals surface area contributed by atoms with Crippen molar-refractivity contribution in [2.24, 2.45) is 0 Å². The molecule has 1 aromatic rings. The fraction of sp³-hybridized carbons (Fsp3) is 0.500. The fourth-order valence-corrected chi connectivity index (χ4v) is 2.23. The molecule has 3 heteroatoms. The van der Waals surface area contributed by atoms with E-state index in [2.05, 4.69) is 25.2 Å². The third-order valence-corrected chi connectivity index (χ3v) is 3.48. The van der Waals surface area contributed by atoms with Crippen LogP contribution in [0.1, 0.15) is 27.0 Å². The smallest absolute Gasteiger partial charge is 0.254 e. The number of rotatable bonds is 1. The average Bonchev–Trinajstić information content (AvgIpc) is 2.34. The van der Waals surface area contributed by atoms with E-state index in [1.54, 1.807) is 0 Å². The van der Waals surface area contributed by atoms with Crippen molar-refractivity contribution in [2.45, 2.75) is 20.8 Å². The summed E-state index contributed by atoms with van der Waals surface area (Å²) < 4.78 is 0. The summed E-state index contributed by atoms with van der Waals surface area (Å²) in [6.45, 7) is 9.58. The molecule has 0 saturated carbocycles. The number of hydrogen-bond acceptors (Lipinski definition) is 2. The molecule has 2 rings (SSSR count). The Morgan fingerprint density at radius 2 is 1.65 bits per heavy atom. The molecule has 0 atom stereocenters. The summed E-state index contributed by atoms with van der Waals surface area (Å²) >= 11 is 0. The minimum Gasteiger partial charge on any atom is -0.336 e. The number of amides is 1. The molecule has 1 aromatic carbocycles. The van der Waals surface area contributed by atoms with Crippen LogP contribution >= 0.6 is 0 Å². The quantitative estimate of drug-likeness (QED) is 0.798. The minimum absolute atomic E-state index is 0.173. The van der Waals surface area contributed by atoms with E-state index in [9.17, 15) is 4.79 Å². The van der Waals surface area contributed by atoms with Crippen LogP contribution in [0, 0.1) is 20.8 Å². The maximum absolute atomic E-state index is 12.4. The van der Waals surface area contributed by atoms with Gasteiger partial charge in [0.15, 0.2) is 0 Å². The zero-order chi connectivity index (χ0) is 12.4. The molecule has 0 aliphatic carbocycles. The molecule has 1 N–H and O–H groups in total. The SMILES string of the molecule is Cc1cc(C)c(C(=O)N2CCNCC2)cc1C. The highest BCUT2D eigenvalue weighted by molar-refractivity contribution is 5.96. The molecule has 0 radical (unpaired) electrons. The Morgan fingerprint density at radius 3 is 2.29 bits per heavy atom. The van der Waals surface area contributed by atoms with Gasteiger partial charge < -0.3 is 10.2 Å². The van der Waals surface area contributed by atoms with Gasteiger partial charge in [-0.2, -0.15) is 0 Å². The highest BCUT2D eigenvalue weighted by Gasteiger charge is 2.19. The van der Waals surface area contributed by atoms with Crippen LogP contribution in [0.5, 0.6) is 0 Å². The Morgan fingerprint density at radius 1 is 1.06 bits per heavy atom. The summed E-state index contributed by atoms with van der Waals surface area (Å²) in [4.78, 5) is 14.3. The molecule has 1 saturated heterocycles. The van der Waals surface area contributed by atoms with E-state index in [4.69, 9.17) is 0 Å². The summed E-state index contributed by atoms with van der Waals surface area (Å²) in [6.07, 6.45) is 0. The van der Waals surface area contributed by atoms with Gasteiger partial charge in [-0.15, -0.1) is 0 Å². The van der Waals surface area contributed by atoms with Crippen LogP contribution in [0.2, 0.25) is 0 Å².